The summed E-state index contributed by atoms with van der Waals surface area (Å²) in [6.07, 6.45) is 2.67. The lowest BCUT2D eigenvalue weighted by atomic mass is 9.67. The van der Waals surface area contributed by atoms with Crippen LogP contribution in [0.25, 0.3) is 11.0 Å². The molecule has 1 amide bonds. The lowest BCUT2D eigenvalue weighted by Gasteiger charge is -2.36. The zero-order chi connectivity index (χ0) is 21.8. The summed E-state index contributed by atoms with van der Waals surface area (Å²) >= 11 is 12.4. The number of rotatable bonds is 5. The van der Waals surface area contributed by atoms with E-state index in [9.17, 15) is 4.79 Å². The van der Waals surface area contributed by atoms with Crippen LogP contribution in [-0.2, 0) is 14.9 Å². The fourth-order valence-electron chi connectivity index (χ4n) is 5.86. The third-order valence-electron chi connectivity index (χ3n) is 7.67. The maximum atomic E-state index is 13.7. The molecule has 1 aromatic heterocycles. The number of amides is 1. The Balaban J connectivity index is 1.40. The van der Waals surface area contributed by atoms with Gasteiger partial charge in [-0.15, -0.1) is 0 Å². The monoisotopic (exact) mass is 462 g/mol. The zero-order valence-corrected chi connectivity index (χ0v) is 19.5. The summed E-state index contributed by atoms with van der Waals surface area (Å²) in [5.41, 5.74) is 2.30. The van der Waals surface area contributed by atoms with Crippen LogP contribution in [0.3, 0.4) is 0 Å². The Morgan fingerprint density at radius 2 is 1.87 bits per heavy atom. The summed E-state index contributed by atoms with van der Waals surface area (Å²) < 4.78 is 5.40. The average molecular weight is 463 g/mol. The van der Waals surface area contributed by atoms with E-state index in [0.717, 1.165) is 69.0 Å². The van der Waals surface area contributed by atoms with Gasteiger partial charge in [0.25, 0.3) is 0 Å². The lowest BCUT2D eigenvalue weighted by Crippen LogP contribution is -2.50. The summed E-state index contributed by atoms with van der Waals surface area (Å²) in [7, 11) is 0. The summed E-state index contributed by atoms with van der Waals surface area (Å²) in [5.74, 6) is 0.294. The molecule has 2 heterocycles. The zero-order valence-electron chi connectivity index (χ0n) is 18.0. The van der Waals surface area contributed by atoms with E-state index in [1.54, 1.807) is 12.1 Å². The molecule has 2 bridgehead atoms. The van der Waals surface area contributed by atoms with Gasteiger partial charge in [-0.05, 0) is 43.4 Å². The van der Waals surface area contributed by atoms with E-state index >= 15 is 0 Å². The average Bonchev–Trinajstić information content (AvgIpc) is 3.12. The van der Waals surface area contributed by atoms with Gasteiger partial charge in [-0.1, -0.05) is 37.0 Å². The van der Waals surface area contributed by atoms with Crippen LogP contribution in [0, 0.1) is 5.41 Å². The molecule has 166 valence electrons. The first-order valence-corrected chi connectivity index (χ1v) is 11.9. The van der Waals surface area contributed by atoms with Crippen LogP contribution in [0.2, 0.25) is 10.0 Å². The van der Waals surface area contributed by atoms with E-state index in [1.807, 2.05) is 0 Å². The molecular weight excluding hydrogens is 435 g/mol. The number of fused-ring (bicyclic) bond motifs is 6. The Bertz CT molecular complexity index is 1040. The second-order valence-corrected chi connectivity index (χ2v) is 10.3. The van der Waals surface area contributed by atoms with Gasteiger partial charge in [-0.25, -0.2) is 9.97 Å². The van der Waals surface area contributed by atoms with Gasteiger partial charge in [0, 0.05) is 25.6 Å². The minimum Gasteiger partial charge on any atom is -0.379 e. The molecule has 1 saturated carbocycles. The number of aromatic nitrogens is 2. The number of halogens is 2. The number of carbonyl (C=O) groups is 1. The predicted molar refractivity (Wildman–Crippen MR) is 122 cm³/mol. The van der Waals surface area contributed by atoms with Gasteiger partial charge in [0.1, 0.15) is 0 Å². The Morgan fingerprint density at radius 1 is 1.19 bits per heavy atom. The molecule has 2 fully saturated rings. The molecule has 2 aliphatic carbocycles. The maximum Gasteiger partial charge on any atom is 0.232 e. The molecule has 2 atom stereocenters. The van der Waals surface area contributed by atoms with E-state index in [1.165, 1.54) is 0 Å². The highest BCUT2D eigenvalue weighted by Crippen LogP contribution is 2.67. The quantitative estimate of drug-likeness (QED) is 0.681. The van der Waals surface area contributed by atoms with Crippen molar-refractivity contribution >= 4 is 40.1 Å². The van der Waals surface area contributed by atoms with Gasteiger partial charge in [0.2, 0.25) is 5.91 Å². The van der Waals surface area contributed by atoms with Crippen LogP contribution in [-0.4, -0.2) is 60.2 Å². The number of carbonyl (C=O) groups excluding carboxylic acids is 1. The first kappa shape index (κ1) is 21.4. The number of ether oxygens (including phenoxy) is 1. The molecular formula is C23H28Cl2N4O2. The van der Waals surface area contributed by atoms with E-state index in [2.05, 4.69) is 24.1 Å². The molecule has 1 aliphatic heterocycles. The standard InChI is InChI=1S/C23H28Cl2N4O2/c1-22(2)14-4-5-23(22,21(30)26-6-3-7-29-8-10-31-11-9-29)20-19(14)27-17-12-15(24)16(25)13-18(17)28-20/h12-14H,3-11H2,1-2H3,(H,26,30). The molecule has 1 aromatic carbocycles. The van der Waals surface area contributed by atoms with E-state index in [4.69, 9.17) is 37.9 Å². The number of morpholine rings is 1. The number of nitrogens with zero attached hydrogens (tertiary/aromatic N) is 3. The van der Waals surface area contributed by atoms with Gasteiger partial charge >= 0.3 is 0 Å². The Hall–Kier alpha value is -1.47. The Kier molecular flexibility index (Phi) is 5.40. The Labute approximate surface area is 192 Å². The van der Waals surface area contributed by atoms with E-state index in [0.29, 0.717) is 22.1 Å². The third-order valence-corrected chi connectivity index (χ3v) is 8.40. The highest BCUT2D eigenvalue weighted by atomic mass is 35.5. The maximum absolute atomic E-state index is 13.7. The van der Waals surface area contributed by atoms with Crippen molar-refractivity contribution in [1.29, 1.82) is 0 Å². The van der Waals surface area contributed by atoms with Crippen molar-refractivity contribution in [2.75, 3.05) is 39.4 Å². The van der Waals surface area contributed by atoms with Crippen LogP contribution >= 0.6 is 23.2 Å². The fraction of sp³-hybridized carbons (Fsp3) is 0.609. The van der Waals surface area contributed by atoms with Crippen LogP contribution in [0.4, 0.5) is 0 Å². The summed E-state index contributed by atoms with van der Waals surface area (Å²) in [4.78, 5) is 25.9. The van der Waals surface area contributed by atoms with Crippen LogP contribution in [0.1, 0.15) is 50.4 Å². The van der Waals surface area contributed by atoms with Crippen LogP contribution < -0.4 is 5.32 Å². The molecule has 3 aliphatic rings. The van der Waals surface area contributed by atoms with Gasteiger partial charge in [0.15, 0.2) is 0 Å². The first-order chi connectivity index (χ1) is 14.8. The Morgan fingerprint density at radius 3 is 2.58 bits per heavy atom. The highest BCUT2D eigenvalue weighted by Gasteiger charge is 2.67. The van der Waals surface area contributed by atoms with Crippen molar-refractivity contribution < 1.29 is 9.53 Å². The molecule has 1 saturated heterocycles. The van der Waals surface area contributed by atoms with Gasteiger partial charge < -0.3 is 10.1 Å². The number of nitrogens with one attached hydrogen (secondary N) is 1. The molecule has 2 unspecified atom stereocenters. The van der Waals surface area contributed by atoms with Gasteiger partial charge in [-0.2, -0.15) is 0 Å². The second kappa shape index (κ2) is 7.84. The fourth-order valence-corrected chi connectivity index (χ4v) is 6.18. The molecule has 8 heteroatoms. The summed E-state index contributed by atoms with van der Waals surface area (Å²) in [6, 6.07) is 3.52. The van der Waals surface area contributed by atoms with Gasteiger partial charge in [-0.3, -0.25) is 9.69 Å². The summed E-state index contributed by atoms with van der Waals surface area (Å²) in [6.45, 7) is 9.54. The number of hydrogen-bond donors (Lipinski definition) is 1. The topological polar surface area (TPSA) is 67.4 Å². The second-order valence-electron chi connectivity index (χ2n) is 9.49. The lowest BCUT2D eigenvalue weighted by molar-refractivity contribution is -0.130. The molecule has 1 N–H and O–H groups in total. The molecule has 0 spiro atoms. The molecule has 2 aromatic rings. The van der Waals surface area contributed by atoms with E-state index in [-0.39, 0.29) is 17.2 Å². The number of benzene rings is 1. The minimum absolute atomic E-state index is 0.0782. The third kappa shape index (κ3) is 3.26. The normalized spacial score (nSPS) is 26.9. The van der Waals surface area contributed by atoms with Crippen LogP contribution in [0.5, 0.6) is 0 Å². The first-order valence-electron chi connectivity index (χ1n) is 11.1. The highest BCUT2D eigenvalue weighted by molar-refractivity contribution is 6.42. The molecule has 5 rings (SSSR count). The van der Waals surface area contributed by atoms with Crippen LogP contribution in [0.15, 0.2) is 12.1 Å². The van der Waals surface area contributed by atoms with E-state index < -0.39 is 5.41 Å². The van der Waals surface area contributed by atoms with Crippen molar-refractivity contribution in [3.05, 3.63) is 33.6 Å². The molecule has 31 heavy (non-hydrogen) atoms. The molecule has 6 nitrogen and oxygen atoms in total. The predicted octanol–water partition coefficient (Wildman–Crippen LogP) is 3.93. The van der Waals surface area contributed by atoms with Crippen molar-refractivity contribution in [1.82, 2.24) is 20.2 Å². The van der Waals surface area contributed by atoms with Crippen molar-refractivity contribution in [2.45, 2.75) is 44.4 Å². The van der Waals surface area contributed by atoms with Crippen molar-refractivity contribution in [3.8, 4) is 0 Å². The SMILES string of the molecule is CC1(C)C2CCC1(C(=O)NCCCN1CCOCC1)c1nc3cc(Cl)c(Cl)cc3nc12. The smallest absolute Gasteiger partial charge is 0.232 e. The van der Waals surface area contributed by atoms with Gasteiger partial charge in [0.05, 0.1) is 51.1 Å². The van der Waals surface area contributed by atoms with Crippen molar-refractivity contribution in [2.24, 2.45) is 5.41 Å². The summed E-state index contributed by atoms with van der Waals surface area (Å²) in [5, 5.41) is 4.16. The van der Waals surface area contributed by atoms with Crippen molar-refractivity contribution in [3.63, 3.8) is 0 Å². The number of hydrogen-bond acceptors (Lipinski definition) is 5. The largest absolute Gasteiger partial charge is 0.379 e. The minimum atomic E-state index is -0.654. The molecule has 0 radical (unpaired) electrons.